The molecule has 2 rings (SSSR count). The second-order valence-corrected chi connectivity index (χ2v) is 8.44. The summed E-state index contributed by atoms with van der Waals surface area (Å²) in [7, 11) is 0. The van der Waals surface area contributed by atoms with Gasteiger partial charge in [0.05, 0.1) is 13.2 Å². The molecule has 0 N–H and O–H groups in total. The molecule has 0 aromatic carbocycles. The van der Waals surface area contributed by atoms with Gasteiger partial charge in [0.25, 0.3) is 0 Å². The molecule has 0 heterocycles. The Hall–Kier alpha value is -1.02. The molecule has 0 radical (unpaired) electrons. The van der Waals surface area contributed by atoms with E-state index in [0.29, 0.717) is 13.2 Å². The summed E-state index contributed by atoms with van der Waals surface area (Å²) in [5, 5.41) is 1.73. The van der Waals surface area contributed by atoms with Gasteiger partial charge in [0.15, 0.2) is 0 Å². The molecule has 1 nitrogen and oxygen atoms in total. The van der Waals surface area contributed by atoms with Crippen LogP contribution in [0.15, 0.2) is 69.8 Å². The maximum Gasteiger partial charge on any atom is 0.0652 e. The Kier molecular flexibility index (Phi) is 6.96. The Morgan fingerprint density at radius 1 is 0.880 bits per heavy atom. The number of ether oxygens (including phenoxy) is 1. The zero-order valence-corrected chi connectivity index (χ0v) is 17.1. The van der Waals surface area contributed by atoms with Crippen molar-refractivity contribution in [2.24, 2.45) is 10.8 Å². The van der Waals surface area contributed by atoms with E-state index in [4.69, 9.17) is 27.9 Å². The molecule has 136 valence electrons. The van der Waals surface area contributed by atoms with Crippen molar-refractivity contribution in [3.63, 3.8) is 0 Å². The zero-order chi connectivity index (χ0) is 18.5. The summed E-state index contributed by atoms with van der Waals surface area (Å²) >= 11 is 12.3. The highest BCUT2D eigenvalue weighted by atomic mass is 35.5. The molecule has 0 aromatic heterocycles. The Labute approximate surface area is 162 Å². The number of rotatable bonds is 6. The monoisotopic (exact) mass is 378 g/mol. The summed E-state index contributed by atoms with van der Waals surface area (Å²) in [5.74, 6) is 0. The molecule has 0 spiro atoms. The van der Waals surface area contributed by atoms with E-state index in [1.807, 2.05) is 12.2 Å². The van der Waals surface area contributed by atoms with Gasteiger partial charge in [0.2, 0.25) is 0 Å². The standard InChI is InChI=1S/C22H28Cl2O/c1-17-15-21(3,11-7-19(17)23)9-5-13-25-14-6-10-22(4)12-8-20(24)18(2)16-22/h5-12H,13-16H2,1-4H3. The first-order chi connectivity index (χ1) is 11.7. The summed E-state index contributed by atoms with van der Waals surface area (Å²) in [6, 6.07) is 0. The maximum absolute atomic E-state index is 6.13. The number of hydrogen-bond acceptors (Lipinski definition) is 1. The minimum absolute atomic E-state index is 0.0329. The third-order valence-electron chi connectivity index (χ3n) is 4.75. The van der Waals surface area contributed by atoms with E-state index in [0.717, 1.165) is 22.9 Å². The van der Waals surface area contributed by atoms with Crippen molar-refractivity contribution in [1.82, 2.24) is 0 Å². The molecular weight excluding hydrogens is 351 g/mol. The number of halogens is 2. The van der Waals surface area contributed by atoms with Gasteiger partial charge in [-0.1, -0.05) is 84.7 Å². The highest BCUT2D eigenvalue weighted by molar-refractivity contribution is 6.32. The third-order valence-corrected chi connectivity index (χ3v) is 5.65. The van der Waals surface area contributed by atoms with Crippen LogP contribution in [0.4, 0.5) is 0 Å². The fourth-order valence-electron chi connectivity index (χ4n) is 3.31. The lowest BCUT2D eigenvalue weighted by Crippen LogP contribution is -2.14. The van der Waals surface area contributed by atoms with Gasteiger partial charge in [-0.3, -0.25) is 0 Å². The van der Waals surface area contributed by atoms with E-state index in [1.54, 1.807) is 0 Å². The van der Waals surface area contributed by atoms with Gasteiger partial charge in [-0.05, 0) is 38.8 Å². The first-order valence-corrected chi connectivity index (χ1v) is 9.51. The van der Waals surface area contributed by atoms with E-state index in [9.17, 15) is 0 Å². The van der Waals surface area contributed by atoms with Crippen LogP contribution in [0.25, 0.3) is 0 Å². The maximum atomic E-state index is 6.13. The molecule has 0 saturated heterocycles. The molecule has 2 aliphatic rings. The molecule has 0 saturated carbocycles. The van der Waals surface area contributed by atoms with Crippen LogP contribution in [0.2, 0.25) is 0 Å². The fourth-order valence-corrected chi connectivity index (χ4v) is 3.57. The first-order valence-electron chi connectivity index (χ1n) is 8.75. The highest BCUT2D eigenvalue weighted by Gasteiger charge is 2.23. The van der Waals surface area contributed by atoms with E-state index >= 15 is 0 Å². The second-order valence-electron chi connectivity index (χ2n) is 7.63. The number of hydrogen-bond donors (Lipinski definition) is 0. The fraction of sp³-hybridized carbons (Fsp3) is 0.455. The van der Waals surface area contributed by atoms with Gasteiger partial charge in [-0.25, -0.2) is 0 Å². The molecule has 25 heavy (non-hydrogen) atoms. The van der Waals surface area contributed by atoms with Crippen molar-refractivity contribution in [1.29, 1.82) is 0 Å². The Morgan fingerprint density at radius 2 is 1.28 bits per heavy atom. The SMILES string of the molecule is CC1=C(Cl)C=CC(C)(C=CCOCC=CC2(C)C=CC(Cl)=C(C)C2)C1. The summed E-state index contributed by atoms with van der Waals surface area (Å²) in [6.45, 7) is 9.82. The van der Waals surface area contributed by atoms with Crippen LogP contribution in [-0.4, -0.2) is 13.2 Å². The molecule has 2 unspecified atom stereocenters. The van der Waals surface area contributed by atoms with Gasteiger partial charge < -0.3 is 4.74 Å². The van der Waals surface area contributed by atoms with Crippen LogP contribution in [0, 0.1) is 10.8 Å². The quantitative estimate of drug-likeness (QED) is 0.354. The van der Waals surface area contributed by atoms with E-state index in [2.05, 4.69) is 64.2 Å². The largest absolute Gasteiger partial charge is 0.373 e. The molecule has 0 aromatic rings. The van der Waals surface area contributed by atoms with Gasteiger partial charge in [-0.2, -0.15) is 0 Å². The van der Waals surface area contributed by atoms with Gasteiger partial charge in [-0.15, -0.1) is 0 Å². The molecule has 3 heteroatoms. The first kappa shape index (κ1) is 20.3. The minimum Gasteiger partial charge on any atom is -0.373 e. The Balaban J connectivity index is 1.74. The Morgan fingerprint density at radius 3 is 1.64 bits per heavy atom. The van der Waals surface area contributed by atoms with E-state index < -0.39 is 0 Å². The zero-order valence-electron chi connectivity index (χ0n) is 15.6. The van der Waals surface area contributed by atoms with Crippen molar-refractivity contribution in [3.05, 3.63) is 69.8 Å². The van der Waals surface area contributed by atoms with Crippen LogP contribution >= 0.6 is 23.2 Å². The smallest absolute Gasteiger partial charge is 0.0652 e. The third kappa shape index (κ3) is 6.02. The van der Waals surface area contributed by atoms with Crippen molar-refractivity contribution >= 4 is 23.2 Å². The van der Waals surface area contributed by atoms with E-state index in [-0.39, 0.29) is 10.8 Å². The topological polar surface area (TPSA) is 9.23 Å². The van der Waals surface area contributed by atoms with Gasteiger partial charge in [0.1, 0.15) is 0 Å². The summed E-state index contributed by atoms with van der Waals surface area (Å²) < 4.78 is 5.70. The average Bonchev–Trinajstić information content (AvgIpc) is 2.55. The molecule has 0 aliphatic heterocycles. The van der Waals surface area contributed by atoms with Crippen LogP contribution in [0.1, 0.15) is 40.5 Å². The predicted octanol–water partition coefficient (Wildman–Crippen LogP) is 7.07. The summed E-state index contributed by atoms with van der Waals surface area (Å²) in [4.78, 5) is 0. The van der Waals surface area contributed by atoms with Crippen LogP contribution < -0.4 is 0 Å². The minimum atomic E-state index is 0.0329. The molecule has 2 aliphatic carbocycles. The van der Waals surface area contributed by atoms with E-state index in [1.165, 1.54) is 11.1 Å². The van der Waals surface area contributed by atoms with Gasteiger partial charge >= 0.3 is 0 Å². The van der Waals surface area contributed by atoms with Crippen LogP contribution in [0.5, 0.6) is 0 Å². The van der Waals surface area contributed by atoms with Crippen molar-refractivity contribution in [2.75, 3.05) is 13.2 Å². The molecule has 0 fully saturated rings. The highest BCUT2D eigenvalue weighted by Crippen LogP contribution is 2.37. The lowest BCUT2D eigenvalue weighted by molar-refractivity contribution is 0.192. The Bertz CT molecular complexity index is 620. The summed E-state index contributed by atoms with van der Waals surface area (Å²) in [6.07, 6.45) is 18.8. The molecular formula is C22H28Cl2O. The lowest BCUT2D eigenvalue weighted by Gasteiger charge is -2.26. The van der Waals surface area contributed by atoms with Crippen LogP contribution in [0.3, 0.4) is 0 Å². The second kappa shape index (κ2) is 8.58. The lowest BCUT2D eigenvalue weighted by atomic mass is 9.80. The molecule has 0 amide bonds. The number of allylic oxidation sites excluding steroid dienone is 10. The van der Waals surface area contributed by atoms with Crippen molar-refractivity contribution < 1.29 is 4.74 Å². The van der Waals surface area contributed by atoms with Crippen molar-refractivity contribution in [2.45, 2.75) is 40.5 Å². The predicted molar refractivity (Wildman–Crippen MR) is 110 cm³/mol. The normalized spacial score (nSPS) is 30.3. The van der Waals surface area contributed by atoms with Crippen LogP contribution in [-0.2, 0) is 4.74 Å². The van der Waals surface area contributed by atoms with Crippen molar-refractivity contribution in [3.8, 4) is 0 Å². The molecule has 0 bridgehead atoms. The average molecular weight is 379 g/mol. The summed E-state index contributed by atoms with van der Waals surface area (Å²) in [5.41, 5.74) is 2.54. The molecule has 2 atom stereocenters. The van der Waals surface area contributed by atoms with Gasteiger partial charge in [0, 0.05) is 20.9 Å².